The van der Waals surface area contributed by atoms with E-state index >= 15 is 0 Å². The van der Waals surface area contributed by atoms with Crippen LogP contribution in [0.5, 0.6) is 5.75 Å². The third kappa shape index (κ3) is 5.99. The molecule has 0 fully saturated rings. The highest BCUT2D eigenvalue weighted by Crippen LogP contribution is 2.18. The maximum absolute atomic E-state index is 11.5. The molecule has 5 heteroatoms. The smallest absolute Gasteiger partial charge is 0.311 e. The van der Waals surface area contributed by atoms with Gasteiger partial charge in [0.05, 0.1) is 4.92 Å². The molecule has 0 spiro atoms. The third-order valence-corrected chi connectivity index (χ3v) is 2.76. The highest BCUT2D eigenvalue weighted by atomic mass is 16.6. The number of hydrogen-bond donors (Lipinski definition) is 0. The fourth-order valence-electron chi connectivity index (χ4n) is 1.69. The van der Waals surface area contributed by atoms with Crippen LogP contribution in [0.2, 0.25) is 0 Å². The zero-order chi connectivity index (χ0) is 14.1. The predicted octanol–water partition coefficient (Wildman–Crippen LogP) is 3.86. The van der Waals surface area contributed by atoms with E-state index in [2.05, 4.69) is 6.92 Å². The minimum Gasteiger partial charge on any atom is -0.427 e. The minimum absolute atomic E-state index is 0.0145. The van der Waals surface area contributed by atoms with Crippen molar-refractivity contribution in [2.45, 2.75) is 45.4 Å². The van der Waals surface area contributed by atoms with Gasteiger partial charge in [0.2, 0.25) is 0 Å². The van der Waals surface area contributed by atoms with Crippen LogP contribution in [0.3, 0.4) is 0 Å². The average molecular weight is 265 g/mol. The molecule has 1 aromatic rings. The SMILES string of the molecule is CCCCCCCC(=O)Oc1ccc([N+](=O)[O-])cc1. The van der Waals surface area contributed by atoms with Crippen LogP contribution in [0, 0.1) is 10.1 Å². The normalized spacial score (nSPS) is 10.2. The van der Waals surface area contributed by atoms with E-state index in [0.29, 0.717) is 12.2 Å². The number of nitrogens with zero attached hydrogens (tertiary/aromatic N) is 1. The lowest BCUT2D eigenvalue weighted by Crippen LogP contribution is -2.07. The molecule has 0 bridgehead atoms. The molecule has 1 rings (SSSR count). The molecule has 0 saturated carbocycles. The Hall–Kier alpha value is -1.91. The first-order chi connectivity index (χ1) is 9.13. The van der Waals surface area contributed by atoms with Crippen LogP contribution in [0.25, 0.3) is 0 Å². The molecule has 5 nitrogen and oxygen atoms in total. The Kier molecular flexibility index (Phi) is 6.57. The molecule has 0 atom stereocenters. The number of unbranched alkanes of at least 4 members (excludes halogenated alkanes) is 4. The van der Waals surface area contributed by atoms with Crippen molar-refractivity contribution < 1.29 is 14.5 Å². The largest absolute Gasteiger partial charge is 0.427 e. The van der Waals surface area contributed by atoms with Gasteiger partial charge in [-0.2, -0.15) is 0 Å². The number of esters is 1. The molecule has 104 valence electrons. The second-order valence-corrected chi connectivity index (χ2v) is 4.39. The molecule has 0 N–H and O–H groups in total. The van der Waals surface area contributed by atoms with Gasteiger partial charge >= 0.3 is 5.97 Å². The molecule has 0 radical (unpaired) electrons. The molecule has 0 aliphatic heterocycles. The van der Waals surface area contributed by atoms with Gasteiger partial charge in [-0.25, -0.2) is 0 Å². The van der Waals surface area contributed by atoms with Crippen LogP contribution in [0.4, 0.5) is 5.69 Å². The number of carbonyl (C=O) groups excluding carboxylic acids is 1. The predicted molar refractivity (Wildman–Crippen MR) is 72.1 cm³/mol. The second kappa shape index (κ2) is 8.24. The lowest BCUT2D eigenvalue weighted by molar-refractivity contribution is -0.384. The van der Waals surface area contributed by atoms with E-state index in [0.717, 1.165) is 19.3 Å². The first-order valence-electron chi connectivity index (χ1n) is 6.58. The summed E-state index contributed by atoms with van der Waals surface area (Å²) in [6.07, 6.45) is 5.75. The summed E-state index contributed by atoms with van der Waals surface area (Å²) < 4.78 is 5.09. The summed E-state index contributed by atoms with van der Waals surface area (Å²) in [6, 6.07) is 5.52. The maximum Gasteiger partial charge on any atom is 0.311 e. The number of hydrogen-bond acceptors (Lipinski definition) is 4. The second-order valence-electron chi connectivity index (χ2n) is 4.39. The topological polar surface area (TPSA) is 69.4 Å². The first-order valence-corrected chi connectivity index (χ1v) is 6.58. The van der Waals surface area contributed by atoms with Gasteiger partial charge in [-0.15, -0.1) is 0 Å². The van der Waals surface area contributed by atoms with Crippen molar-refractivity contribution in [2.75, 3.05) is 0 Å². The summed E-state index contributed by atoms with van der Waals surface area (Å²) in [5, 5.41) is 10.5. The fraction of sp³-hybridized carbons (Fsp3) is 0.500. The number of benzene rings is 1. The Morgan fingerprint density at radius 3 is 2.37 bits per heavy atom. The van der Waals surface area contributed by atoms with Crippen LogP contribution in [0.1, 0.15) is 45.4 Å². The van der Waals surface area contributed by atoms with Gasteiger partial charge in [0.25, 0.3) is 5.69 Å². The fourth-order valence-corrected chi connectivity index (χ4v) is 1.69. The quantitative estimate of drug-likeness (QED) is 0.235. The number of non-ortho nitro benzene ring substituents is 1. The van der Waals surface area contributed by atoms with Gasteiger partial charge in [-0.3, -0.25) is 14.9 Å². The number of carbonyl (C=O) groups is 1. The lowest BCUT2D eigenvalue weighted by atomic mass is 10.1. The molecule has 1 aromatic carbocycles. The van der Waals surface area contributed by atoms with Gasteiger partial charge in [0.15, 0.2) is 0 Å². The Morgan fingerprint density at radius 2 is 1.79 bits per heavy atom. The van der Waals surface area contributed by atoms with Crippen molar-refractivity contribution in [2.24, 2.45) is 0 Å². The Labute approximate surface area is 112 Å². The summed E-state index contributed by atoms with van der Waals surface area (Å²) in [7, 11) is 0. The van der Waals surface area contributed by atoms with E-state index in [4.69, 9.17) is 4.74 Å². The van der Waals surface area contributed by atoms with E-state index in [1.165, 1.54) is 37.1 Å². The zero-order valence-electron chi connectivity index (χ0n) is 11.1. The number of nitro benzene ring substituents is 1. The van der Waals surface area contributed by atoms with Gasteiger partial charge < -0.3 is 4.74 Å². The van der Waals surface area contributed by atoms with Crippen LogP contribution in [-0.4, -0.2) is 10.9 Å². The molecule has 0 heterocycles. The summed E-state index contributed by atoms with van der Waals surface area (Å²) in [6.45, 7) is 2.14. The number of nitro groups is 1. The Balaban J connectivity index is 2.30. The van der Waals surface area contributed by atoms with Crippen molar-refractivity contribution in [3.63, 3.8) is 0 Å². The third-order valence-electron chi connectivity index (χ3n) is 2.76. The van der Waals surface area contributed by atoms with Crippen LogP contribution in [-0.2, 0) is 4.79 Å². The van der Waals surface area contributed by atoms with Gasteiger partial charge in [-0.1, -0.05) is 32.6 Å². The molecule has 0 saturated heterocycles. The van der Waals surface area contributed by atoms with Gasteiger partial charge in [0.1, 0.15) is 5.75 Å². The average Bonchev–Trinajstić information content (AvgIpc) is 2.39. The highest BCUT2D eigenvalue weighted by Gasteiger charge is 2.07. The lowest BCUT2D eigenvalue weighted by Gasteiger charge is -2.04. The van der Waals surface area contributed by atoms with E-state index in [1.807, 2.05) is 0 Å². The minimum atomic E-state index is -0.487. The zero-order valence-corrected chi connectivity index (χ0v) is 11.1. The summed E-state index contributed by atoms with van der Waals surface area (Å²) in [5.41, 5.74) is -0.0145. The van der Waals surface area contributed by atoms with E-state index in [9.17, 15) is 14.9 Å². The van der Waals surface area contributed by atoms with Gasteiger partial charge in [0, 0.05) is 18.6 Å². The van der Waals surface area contributed by atoms with Crippen LogP contribution in [0.15, 0.2) is 24.3 Å². The van der Waals surface area contributed by atoms with E-state index in [1.54, 1.807) is 0 Å². The van der Waals surface area contributed by atoms with Gasteiger partial charge in [-0.05, 0) is 18.6 Å². The van der Waals surface area contributed by atoms with Crippen LogP contribution < -0.4 is 4.74 Å². The molecule has 0 aliphatic carbocycles. The number of ether oxygens (including phenoxy) is 1. The molecule has 0 aromatic heterocycles. The Bertz CT molecular complexity index is 414. The standard InChI is InChI=1S/C14H19NO4/c1-2-3-4-5-6-7-14(16)19-13-10-8-12(9-11-13)15(17)18/h8-11H,2-7H2,1H3. The summed E-state index contributed by atoms with van der Waals surface area (Å²) in [5.74, 6) is 0.0644. The molecule has 0 aliphatic rings. The van der Waals surface area contributed by atoms with E-state index in [-0.39, 0.29) is 11.7 Å². The van der Waals surface area contributed by atoms with E-state index < -0.39 is 4.92 Å². The van der Waals surface area contributed by atoms with Crippen molar-refractivity contribution in [3.05, 3.63) is 34.4 Å². The molecular weight excluding hydrogens is 246 g/mol. The molecule has 19 heavy (non-hydrogen) atoms. The first kappa shape index (κ1) is 15.1. The monoisotopic (exact) mass is 265 g/mol. The van der Waals surface area contributed by atoms with Crippen LogP contribution >= 0.6 is 0 Å². The number of rotatable bonds is 8. The Morgan fingerprint density at radius 1 is 1.16 bits per heavy atom. The van der Waals surface area contributed by atoms with Crippen molar-refractivity contribution in [3.8, 4) is 5.75 Å². The summed E-state index contributed by atoms with van der Waals surface area (Å²) in [4.78, 5) is 21.5. The van der Waals surface area contributed by atoms with Crippen molar-refractivity contribution in [1.29, 1.82) is 0 Å². The van der Waals surface area contributed by atoms with Crippen molar-refractivity contribution in [1.82, 2.24) is 0 Å². The molecule has 0 unspecified atom stereocenters. The maximum atomic E-state index is 11.5. The molecule has 0 amide bonds. The highest BCUT2D eigenvalue weighted by molar-refractivity contribution is 5.72. The van der Waals surface area contributed by atoms with Crippen molar-refractivity contribution >= 4 is 11.7 Å². The summed E-state index contributed by atoms with van der Waals surface area (Å²) >= 11 is 0. The molecular formula is C14H19NO4.